The summed E-state index contributed by atoms with van der Waals surface area (Å²) in [5.41, 5.74) is 2.17. The van der Waals surface area contributed by atoms with Gasteiger partial charge in [-0.3, -0.25) is 0 Å². The molecule has 3 rings (SSSR count). The third-order valence-corrected chi connectivity index (χ3v) is 5.19. The first kappa shape index (κ1) is 12.0. The summed E-state index contributed by atoms with van der Waals surface area (Å²) >= 11 is 0. The SMILES string of the molecule is CC(C)(C)C12CCN(c3ccc(F)cc3)CC1C2. The zero-order valence-corrected chi connectivity index (χ0v) is 11.5. The molecule has 1 aliphatic heterocycles. The van der Waals surface area contributed by atoms with Gasteiger partial charge in [0.1, 0.15) is 5.82 Å². The van der Waals surface area contributed by atoms with Crippen molar-refractivity contribution in [1.29, 1.82) is 0 Å². The zero-order chi connectivity index (χ0) is 13.0. The Hall–Kier alpha value is -1.05. The molecule has 98 valence electrons. The van der Waals surface area contributed by atoms with E-state index in [2.05, 4.69) is 25.7 Å². The Morgan fingerprint density at radius 1 is 1.22 bits per heavy atom. The Morgan fingerprint density at radius 2 is 1.89 bits per heavy atom. The highest BCUT2D eigenvalue weighted by atomic mass is 19.1. The van der Waals surface area contributed by atoms with Crippen molar-refractivity contribution in [2.24, 2.45) is 16.7 Å². The van der Waals surface area contributed by atoms with Crippen molar-refractivity contribution in [3.63, 3.8) is 0 Å². The van der Waals surface area contributed by atoms with Crippen molar-refractivity contribution in [3.05, 3.63) is 30.1 Å². The monoisotopic (exact) mass is 247 g/mol. The molecule has 1 saturated heterocycles. The van der Waals surface area contributed by atoms with Crippen molar-refractivity contribution in [2.45, 2.75) is 33.6 Å². The molecule has 0 bridgehead atoms. The van der Waals surface area contributed by atoms with Gasteiger partial charge in [-0.1, -0.05) is 20.8 Å². The lowest BCUT2D eigenvalue weighted by molar-refractivity contribution is 0.166. The molecule has 0 radical (unpaired) electrons. The number of nitrogens with zero attached hydrogens (tertiary/aromatic N) is 1. The second-order valence-corrected chi connectivity index (χ2v) is 6.98. The molecule has 2 unspecified atom stereocenters. The standard InChI is InChI=1S/C16H22FN/c1-15(2,3)16-8-9-18(11-12(16)10-16)14-6-4-13(17)5-7-14/h4-7,12H,8-11H2,1-3H3. The fourth-order valence-corrected chi connectivity index (χ4v) is 3.80. The second-order valence-electron chi connectivity index (χ2n) is 6.98. The van der Waals surface area contributed by atoms with Crippen LogP contribution in [-0.4, -0.2) is 13.1 Å². The van der Waals surface area contributed by atoms with E-state index in [1.807, 2.05) is 12.1 Å². The van der Waals surface area contributed by atoms with E-state index in [4.69, 9.17) is 0 Å². The van der Waals surface area contributed by atoms with Crippen LogP contribution in [0.25, 0.3) is 0 Å². The van der Waals surface area contributed by atoms with Gasteiger partial charge in [-0.05, 0) is 53.9 Å². The molecule has 1 aliphatic carbocycles. The highest BCUT2D eigenvalue weighted by Crippen LogP contribution is 2.67. The van der Waals surface area contributed by atoms with Crippen molar-refractivity contribution in [1.82, 2.24) is 0 Å². The van der Waals surface area contributed by atoms with Crippen LogP contribution in [0.1, 0.15) is 33.6 Å². The molecule has 2 atom stereocenters. The number of piperidine rings is 1. The molecule has 1 nitrogen and oxygen atoms in total. The van der Waals surface area contributed by atoms with E-state index in [0.29, 0.717) is 10.8 Å². The fraction of sp³-hybridized carbons (Fsp3) is 0.625. The number of halogens is 1. The van der Waals surface area contributed by atoms with Gasteiger partial charge in [-0.2, -0.15) is 0 Å². The van der Waals surface area contributed by atoms with Gasteiger partial charge in [0, 0.05) is 18.8 Å². The minimum atomic E-state index is -0.147. The predicted octanol–water partition coefficient (Wildman–Crippen LogP) is 4.09. The molecular formula is C16H22FN. The van der Waals surface area contributed by atoms with Gasteiger partial charge in [0.05, 0.1) is 0 Å². The van der Waals surface area contributed by atoms with Crippen LogP contribution in [0.3, 0.4) is 0 Å². The van der Waals surface area contributed by atoms with E-state index >= 15 is 0 Å². The molecule has 1 heterocycles. The van der Waals surface area contributed by atoms with Crippen LogP contribution in [0.2, 0.25) is 0 Å². The lowest BCUT2D eigenvalue weighted by atomic mass is 9.72. The topological polar surface area (TPSA) is 3.24 Å². The summed E-state index contributed by atoms with van der Waals surface area (Å²) in [5, 5.41) is 0. The maximum atomic E-state index is 12.9. The molecule has 2 heteroatoms. The first-order valence-corrected chi connectivity index (χ1v) is 6.93. The quantitative estimate of drug-likeness (QED) is 0.722. The normalized spacial score (nSPS) is 31.1. The summed E-state index contributed by atoms with van der Waals surface area (Å²) < 4.78 is 12.9. The number of hydrogen-bond donors (Lipinski definition) is 0. The van der Waals surface area contributed by atoms with Crippen molar-refractivity contribution in [2.75, 3.05) is 18.0 Å². The van der Waals surface area contributed by atoms with Gasteiger partial charge >= 0.3 is 0 Å². The van der Waals surface area contributed by atoms with E-state index in [1.54, 1.807) is 12.1 Å². The summed E-state index contributed by atoms with van der Waals surface area (Å²) in [6.07, 6.45) is 2.65. The third-order valence-electron chi connectivity index (χ3n) is 5.19. The van der Waals surface area contributed by atoms with E-state index in [-0.39, 0.29) is 5.82 Å². The minimum Gasteiger partial charge on any atom is -0.371 e. The van der Waals surface area contributed by atoms with E-state index in [0.717, 1.165) is 19.0 Å². The zero-order valence-electron chi connectivity index (χ0n) is 11.5. The van der Waals surface area contributed by atoms with Gasteiger partial charge < -0.3 is 4.90 Å². The summed E-state index contributed by atoms with van der Waals surface area (Å²) in [6.45, 7) is 9.38. The van der Waals surface area contributed by atoms with Gasteiger partial charge in [0.25, 0.3) is 0 Å². The highest BCUT2D eigenvalue weighted by Gasteiger charge is 2.62. The molecule has 0 amide bonds. The molecule has 18 heavy (non-hydrogen) atoms. The lowest BCUT2D eigenvalue weighted by Crippen LogP contribution is -2.39. The first-order valence-electron chi connectivity index (χ1n) is 6.93. The van der Waals surface area contributed by atoms with Crippen LogP contribution in [0.4, 0.5) is 10.1 Å². The van der Waals surface area contributed by atoms with Crippen molar-refractivity contribution < 1.29 is 4.39 Å². The lowest BCUT2D eigenvalue weighted by Gasteiger charge is -2.40. The number of fused-ring (bicyclic) bond motifs is 1. The average Bonchev–Trinajstić information content (AvgIpc) is 3.04. The molecule has 2 aliphatic rings. The smallest absolute Gasteiger partial charge is 0.123 e. The molecule has 0 spiro atoms. The molecular weight excluding hydrogens is 225 g/mol. The Balaban J connectivity index is 1.73. The molecule has 0 aromatic heterocycles. The maximum Gasteiger partial charge on any atom is 0.123 e. The average molecular weight is 247 g/mol. The number of anilines is 1. The van der Waals surface area contributed by atoms with Gasteiger partial charge in [0.2, 0.25) is 0 Å². The Bertz CT molecular complexity index is 445. The Kier molecular flexibility index (Phi) is 2.48. The molecule has 1 aromatic rings. The Morgan fingerprint density at radius 3 is 2.44 bits per heavy atom. The largest absolute Gasteiger partial charge is 0.371 e. The maximum absolute atomic E-state index is 12.9. The van der Waals surface area contributed by atoms with Crippen LogP contribution in [0.15, 0.2) is 24.3 Å². The second kappa shape index (κ2) is 3.72. The van der Waals surface area contributed by atoms with Crippen LogP contribution in [0.5, 0.6) is 0 Å². The predicted molar refractivity (Wildman–Crippen MR) is 73.2 cm³/mol. The molecule has 2 fully saturated rings. The Labute approximate surface area is 109 Å². The summed E-state index contributed by atoms with van der Waals surface area (Å²) in [5.74, 6) is 0.683. The van der Waals surface area contributed by atoms with Gasteiger partial charge in [-0.25, -0.2) is 4.39 Å². The fourth-order valence-electron chi connectivity index (χ4n) is 3.80. The molecule has 0 N–H and O–H groups in total. The van der Waals surface area contributed by atoms with Crippen molar-refractivity contribution in [3.8, 4) is 0 Å². The summed E-state index contributed by atoms with van der Waals surface area (Å²) in [4.78, 5) is 2.42. The number of hydrogen-bond acceptors (Lipinski definition) is 1. The molecule has 1 saturated carbocycles. The van der Waals surface area contributed by atoms with Gasteiger partial charge in [-0.15, -0.1) is 0 Å². The van der Waals surface area contributed by atoms with E-state index in [9.17, 15) is 4.39 Å². The van der Waals surface area contributed by atoms with E-state index in [1.165, 1.54) is 18.5 Å². The third kappa shape index (κ3) is 1.73. The van der Waals surface area contributed by atoms with Gasteiger partial charge in [0.15, 0.2) is 0 Å². The minimum absolute atomic E-state index is 0.147. The first-order chi connectivity index (χ1) is 8.42. The highest BCUT2D eigenvalue weighted by molar-refractivity contribution is 5.47. The van der Waals surface area contributed by atoms with Crippen LogP contribution in [0, 0.1) is 22.6 Å². The summed E-state index contributed by atoms with van der Waals surface area (Å²) in [6, 6.07) is 6.94. The summed E-state index contributed by atoms with van der Waals surface area (Å²) in [7, 11) is 0. The van der Waals surface area contributed by atoms with Crippen LogP contribution in [-0.2, 0) is 0 Å². The van der Waals surface area contributed by atoms with E-state index < -0.39 is 0 Å². The van der Waals surface area contributed by atoms with Crippen molar-refractivity contribution >= 4 is 5.69 Å². The molecule has 1 aromatic carbocycles. The number of rotatable bonds is 1. The van der Waals surface area contributed by atoms with Crippen LogP contribution < -0.4 is 4.90 Å². The number of benzene rings is 1. The van der Waals surface area contributed by atoms with Crippen LogP contribution >= 0.6 is 0 Å².